The molecule has 0 spiro atoms. The molecule has 0 saturated carbocycles. The fourth-order valence-electron chi connectivity index (χ4n) is 1.95. The van der Waals surface area contributed by atoms with Gasteiger partial charge in [0, 0.05) is 0 Å². The van der Waals surface area contributed by atoms with Crippen LogP contribution < -0.4 is 4.90 Å². The molecule has 17 heavy (non-hydrogen) atoms. The standard InChI is InChI=1S/C13H14N2O2/c1-9-4-3-5-12(10(9)2)15-8-11(6-7-14)17-13(15)16/h3-5,11H,6,8H2,1-2H3. The highest BCUT2D eigenvalue weighted by Gasteiger charge is 2.32. The van der Waals surface area contributed by atoms with Crippen LogP contribution >= 0.6 is 0 Å². The molecule has 4 heteroatoms. The van der Waals surface area contributed by atoms with Crippen molar-refractivity contribution in [1.82, 2.24) is 0 Å². The Morgan fingerprint density at radius 1 is 1.53 bits per heavy atom. The van der Waals surface area contributed by atoms with E-state index in [1.54, 1.807) is 4.90 Å². The smallest absolute Gasteiger partial charge is 0.414 e. The summed E-state index contributed by atoms with van der Waals surface area (Å²) < 4.78 is 5.13. The van der Waals surface area contributed by atoms with E-state index >= 15 is 0 Å². The Morgan fingerprint density at radius 2 is 2.29 bits per heavy atom. The van der Waals surface area contributed by atoms with Gasteiger partial charge in [0.05, 0.1) is 24.7 Å². The number of hydrogen-bond acceptors (Lipinski definition) is 3. The fourth-order valence-corrected chi connectivity index (χ4v) is 1.95. The van der Waals surface area contributed by atoms with E-state index in [2.05, 4.69) is 0 Å². The number of ether oxygens (including phenoxy) is 1. The molecule has 1 heterocycles. The summed E-state index contributed by atoms with van der Waals surface area (Å²) in [6, 6.07) is 7.85. The average Bonchev–Trinajstić information content (AvgIpc) is 2.64. The topological polar surface area (TPSA) is 53.3 Å². The molecule has 1 aliphatic rings. The molecule has 0 bridgehead atoms. The number of rotatable bonds is 2. The van der Waals surface area contributed by atoms with E-state index in [4.69, 9.17) is 10.00 Å². The Hall–Kier alpha value is -2.02. The van der Waals surface area contributed by atoms with Gasteiger partial charge in [0.25, 0.3) is 0 Å². The van der Waals surface area contributed by atoms with Crippen LogP contribution in [0.15, 0.2) is 18.2 Å². The normalized spacial score (nSPS) is 19.0. The quantitative estimate of drug-likeness (QED) is 0.784. The van der Waals surface area contributed by atoms with E-state index in [-0.39, 0.29) is 18.6 Å². The summed E-state index contributed by atoms with van der Waals surface area (Å²) in [5.74, 6) is 0. The molecule has 1 amide bonds. The molecule has 0 aliphatic carbocycles. The number of carbonyl (C=O) groups excluding carboxylic acids is 1. The monoisotopic (exact) mass is 230 g/mol. The van der Waals surface area contributed by atoms with Gasteiger partial charge < -0.3 is 4.74 Å². The van der Waals surface area contributed by atoms with Crippen molar-refractivity contribution in [3.05, 3.63) is 29.3 Å². The SMILES string of the molecule is Cc1cccc(N2CC(CC#N)OC2=O)c1C. The number of nitrogens with zero attached hydrogens (tertiary/aromatic N) is 2. The van der Waals surface area contributed by atoms with Crippen LogP contribution in [0.4, 0.5) is 10.5 Å². The maximum Gasteiger partial charge on any atom is 0.414 e. The third-order valence-electron chi connectivity index (χ3n) is 3.06. The number of anilines is 1. The van der Waals surface area contributed by atoms with Gasteiger partial charge in [0.15, 0.2) is 0 Å². The molecule has 1 aromatic carbocycles. The molecule has 0 N–H and O–H groups in total. The summed E-state index contributed by atoms with van der Waals surface area (Å²) in [7, 11) is 0. The molecule has 1 atom stereocenters. The number of aryl methyl sites for hydroxylation is 1. The number of hydrogen-bond donors (Lipinski definition) is 0. The molecular formula is C13H14N2O2. The van der Waals surface area contributed by atoms with Crippen LogP contribution in [0.5, 0.6) is 0 Å². The Bertz CT molecular complexity index is 491. The van der Waals surface area contributed by atoms with Crippen LogP contribution in [0.1, 0.15) is 17.5 Å². The van der Waals surface area contributed by atoms with Crippen LogP contribution in [0.25, 0.3) is 0 Å². The van der Waals surface area contributed by atoms with Crippen molar-refractivity contribution in [2.24, 2.45) is 0 Å². The number of amides is 1. The van der Waals surface area contributed by atoms with Gasteiger partial charge in [-0.1, -0.05) is 12.1 Å². The zero-order valence-corrected chi connectivity index (χ0v) is 9.93. The average molecular weight is 230 g/mol. The van der Waals surface area contributed by atoms with Crippen molar-refractivity contribution in [3.63, 3.8) is 0 Å². The maximum absolute atomic E-state index is 11.7. The Kier molecular flexibility index (Phi) is 3.01. The predicted molar refractivity (Wildman–Crippen MR) is 63.8 cm³/mol. The summed E-state index contributed by atoms with van der Waals surface area (Å²) in [4.78, 5) is 13.3. The van der Waals surface area contributed by atoms with Gasteiger partial charge in [-0.15, -0.1) is 0 Å². The van der Waals surface area contributed by atoms with E-state index in [9.17, 15) is 4.79 Å². The molecule has 1 saturated heterocycles. The van der Waals surface area contributed by atoms with Crippen molar-refractivity contribution < 1.29 is 9.53 Å². The molecular weight excluding hydrogens is 216 g/mol. The largest absolute Gasteiger partial charge is 0.443 e. The lowest BCUT2D eigenvalue weighted by atomic mass is 10.1. The second-order valence-corrected chi connectivity index (χ2v) is 4.20. The molecule has 1 unspecified atom stereocenters. The molecule has 2 rings (SSSR count). The zero-order chi connectivity index (χ0) is 12.4. The highest BCUT2D eigenvalue weighted by atomic mass is 16.6. The summed E-state index contributed by atoms with van der Waals surface area (Å²) in [5.41, 5.74) is 3.08. The van der Waals surface area contributed by atoms with Crippen LogP contribution in [0.3, 0.4) is 0 Å². The van der Waals surface area contributed by atoms with Crippen molar-refractivity contribution in [3.8, 4) is 6.07 Å². The third-order valence-corrected chi connectivity index (χ3v) is 3.06. The summed E-state index contributed by atoms with van der Waals surface area (Å²) >= 11 is 0. The second-order valence-electron chi connectivity index (χ2n) is 4.20. The summed E-state index contributed by atoms with van der Waals surface area (Å²) in [5, 5.41) is 8.61. The molecule has 1 aromatic rings. The predicted octanol–water partition coefficient (Wildman–Crippen LogP) is 2.54. The molecule has 4 nitrogen and oxygen atoms in total. The van der Waals surface area contributed by atoms with Crippen LogP contribution in [0, 0.1) is 25.2 Å². The van der Waals surface area contributed by atoms with E-state index in [1.807, 2.05) is 38.1 Å². The Morgan fingerprint density at radius 3 is 3.00 bits per heavy atom. The first-order valence-corrected chi connectivity index (χ1v) is 5.55. The van der Waals surface area contributed by atoms with E-state index < -0.39 is 0 Å². The van der Waals surface area contributed by atoms with Crippen LogP contribution in [-0.4, -0.2) is 18.7 Å². The Balaban J connectivity index is 2.27. The first-order valence-electron chi connectivity index (χ1n) is 5.55. The zero-order valence-electron chi connectivity index (χ0n) is 9.93. The van der Waals surface area contributed by atoms with Crippen molar-refractivity contribution in [2.45, 2.75) is 26.4 Å². The molecule has 1 fully saturated rings. The second kappa shape index (κ2) is 4.46. The molecule has 88 valence electrons. The van der Waals surface area contributed by atoms with Gasteiger partial charge in [-0.25, -0.2) is 4.79 Å². The molecule has 0 aromatic heterocycles. The first-order chi connectivity index (χ1) is 8.13. The number of nitriles is 1. The third kappa shape index (κ3) is 2.09. The van der Waals surface area contributed by atoms with Crippen molar-refractivity contribution >= 4 is 11.8 Å². The lowest BCUT2D eigenvalue weighted by molar-refractivity contribution is 0.143. The van der Waals surface area contributed by atoms with E-state index in [0.29, 0.717) is 6.54 Å². The lowest BCUT2D eigenvalue weighted by Crippen LogP contribution is -2.25. The van der Waals surface area contributed by atoms with Crippen molar-refractivity contribution in [2.75, 3.05) is 11.4 Å². The highest BCUT2D eigenvalue weighted by molar-refractivity contribution is 5.90. The van der Waals surface area contributed by atoms with E-state index in [1.165, 1.54) is 0 Å². The van der Waals surface area contributed by atoms with Crippen LogP contribution in [0.2, 0.25) is 0 Å². The van der Waals surface area contributed by atoms with Gasteiger partial charge in [0.1, 0.15) is 6.10 Å². The number of benzene rings is 1. The van der Waals surface area contributed by atoms with Gasteiger partial charge >= 0.3 is 6.09 Å². The molecule has 0 radical (unpaired) electrons. The number of cyclic esters (lactones) is 1. The minimum Gasteiger partial charge on any atom is -0.443 e. The van der Waals surface area contributed by atoms with Gasteiger partial charge in [-0.05, 0) is 31.0 Å². The lowest BCUT2D eigenvalue weighted by Gasteiger charge is -2.16. The van der Waals surface area contributed by atoms with Gasteiger partial charge in [-0.2, -0.15) is 5.26 Å². The van der Waals surface area contributed by atoms with Crippen LogP contribution in [-0.2, 0) is 4.74 Å². The highest BCUT2D eigenvalue weighted by Crippen LogP contribution is 2.27. The van der Waals surface area contributed by atoms with Crippen molar-refractivity contribution in [1.29, 1.82) is 5.26 Å². The van der Waals surface area contributed by atoms with E-state index in [0.717, 1.165) is 16.8 Å². The van der Waals surface area contributed by atoms with Gasteiger partial charge in [0.2, 0.25) is 0 Å². The molecule has 1 aliphatic heterocycles. The minimum absolute atomic E-state index is 0.243. The minimum atomic E-state index is -0.362. The summed E-state index contributed by atoms with van der Waals surface area (Å²) in [6.07, 6.45) is -0.432. The maximum atomic E-state index is 11.7. The Labute approximate surface area is 100 Å². The van der Waals surface area contributed by atoms with Gasteiger partial charge in [-0.3, -0.25) is 4.90 Å². The first kappa shape index (κ1) is 11.5. The number of carbonyl (C=O) groups is 1. The summed E-state index contributed by atoms with van der Waals surface area (Å²) in [6.45, 7) is 4.44. The fraction of sp³-hybridized carbons (Fsp3) is 0.385.